The number of hydrogen-bond donors (Lipinski definition) is 4. The number of aromatic nitrogens is 5. The minimum absolute atomic E-state index is 0.146. The Hall–Kier alpha value is -5.27. The molecule has 5 heterocycles. The Morgan fingerprint density at radius 3 is 2.78 bits per heavy atom. The zero-order valence-corrected chi connectivity index (χ0v) is 26.3. The second-order valence-electron chi connectivity index (χ2n) is 11.4. The van der Waals surface area contributed by atoms with E-state index >= 15 is 0 Å². The lowest BCUT2D eigenvalue weighted by Crippen LogP contribution is -2.33. The summed E-state index contributed by atoms with van der Waals surface area (Å²) in [6.07, 6.45) is 4.16. The number of nitrogens with one attached hydrogen (secondary N) is 3. The minimum Gasteiger partial charge on any atom is -0.487 e. The summed E-state index contributed by atoms with van der Waals surface area (Å²) in [6, 6.07) is 15.2. The van der Waals surface area contributed by atoms with Crippen molar-refractivity contribution in [2.45, 2.75) is 26.4 Å². The molecular weight excluding hydrogens is 604 g/mol. The summed E-state index contributed by atoms with van der Waals surface area (Å²) in [7, 11) is 1.88. The number of carbonyl (C=O) groups excluding carboxylic acids is 1. The third-order valence-corrected chi connectivity index (χ3v) is 9.34. The maximum atomic E-state index is 13.2. The van der Waals surface area contributed by atoms with Gasteiger partial charge in [-0.25, -0.2) is 14.8 Å². The van der Waals surface area contributed by atoms with Crippen molar-refractivity contribution < 1.29 is 19.4 Å². The molecule has 4 aromatic heterocycles. The first-order chi connectivity index (χ1) is 22.2. The molecule has 6 aromatic rings. The Bertz CT molecular complexity index is 2100. The topological polar surface area (TPSA) is 150 Å². The second kappa shape index (κ2) is 11.9. The summed E-state index contributed by atoms with van der Waals surface area (Å²) < 4.78 is 8.90. The molecule has 4 N–H and O–H groups in total. The van der Waals surface area contributed by atoms with Crippen molar-refractivity contribution in [2.24, 2.45) is 7.05 Å². The summed E-state index contributed by atoms with van der Waals surface area (Å²) in [5.74, 6) is 0.370. The normalized spacial score (nSPS) is 15.1. The molecule has 0 saturated carbocycles. The monoisotopic (exact) mass is 636 g/mol. The predicted octanol–water partition coefficient (Wildman–Crippen LogP) is 5.72. The Labute approximate surface area is 268 Å². The molecule has 13 heteroatoms. The molecule has 0 spiro atoms. The third kappa shape index (κ3) is 5.66. The number of H-pyrrole nitrogens is 1. The number of thiophene rings is 1. The minimum atomic E-state index is -1.00. The number of amides is 1. The summed E-state index contributed by atoms with van der Waals surface area (Å²) in [5.41, 5.74) is 5.06. The van der Waals surface area contributed by atoms with Crippen LogP contribution in [0, 0.1) is 13.8 Å². The Morgan fingerprint density at radius 2 is 1.98 bits per heavy atom. The average molecular weight is 637 g/mol. The number of carbonyl (C=O) groups is 2. The van der Waals surface area contributed by atoms with Crippen LogP contribution in [0.15, 0.2) is 60.9 Å². The van der Waals surface area contributed by atoms with Crippen LogP contribution >= 0.6 is 11.3 Å². The van der Waals surface area contributed by atoms with E-state index in [0.717, 1.165) is 43.5 Å². The van der Waals surface area contributed by atoms with Gasteiger partial charge in [-0.1, -0.05) is 24.3 Å². The summed E-state index contributed by atoms with van der Waals surface area (Å²) in [4.78, 5) is 39.9. The van der Waals surface area contributed by atoms with E-state index in [-0.39, 0.29) is 23.4 Å². The van der Waals surface area contributed by atoms with Gasteiger partial charge in [-0.2, -0.15) is 5.10 Å². The van der Waals surface area contributed by atoms with E-state index in [1.807, 2.05) is 80.5 Å². The van der Waals surface area contributed by atoms with Crippen LogP contribution in [-0.4, -0.2) is 72.4 Å². The number of aryl methyl sites for hydroxylation is 3. The molecule has 46 heavy (non-hydrogen) atoms. The summed E-state index contributed by atoms with van der Waals surface area (Å²) >= 11 is 1.21. The van der Waals surface area contributed by atoms with E-state index in [1.165, 1.54) is 11.3 Å². The van der Waals surface area contributed by atoms with Gasteiger partial charge < -0.3 is 25.5 Å². The van der Waals surface area contributed by atoms with Gasteiger partial charge in [-0.15, -0.1) is 11.3 Å². The van der Waals surface area contributed by atoms with E-state index in [9.17, 15) is 14.7 Å². The van der Waals surface area contributed by atoms with Gasteiger partial charge in [0.2, 0.25) is 11.9 Å². The number of anilines is 3. The number of carboxylic acids is 1. The van der Waals surface area contributed by atoms with Crippen LogP contribution in [0.3, 0.4) is 0 Å². The highest BCUT2D eigenvalue weighted by Crippen LogP contribution is 2.39. The van der Waals surface area contributed by atoms with Gasteiger partial charge in [0.05, 0.1) is 23.4 Å². The highest BCUT2D eigenvalue weighted by molar-refractivity contribution is 7.21. The number of carboxylic acid groups (broad SMARTS) is 1. The Morgan fingerprint density at radius 1 is 1.15 bits per heavy atom. The molecule has 234 valence electrons. The van der Waals surface area contributed by atoms with Gasteiger partial charge >= 0.3 is 5.97 Å². The first-order valence-corrected chi connectivity index (χ1v) is 15.7. The molecule has 1 fully saturated rings. The lowest BCUT2D eigenvalue weighted by Gasteiger charge is -2.17. The maximum Gasteiger partial charge on any atom is 0.349 e. The molecule has 12 nitrogen and oxygen atoms in total. The third-order valence-electron chi connectivity index (χ3n) is 8.20. The molecule has 0 aliphatic carbocycles. The van der Waals surface area contributed by atoms with Gasteiger partial charge in [-0.05, 0) is 44.0 Å². The van der Waals surface area contributed by atoms with E-state index in [2.05, 4.69) is 25.7 Å². The fourth-order valence-electron chi connectivity index (χ4n) is 5.84. The van der Waals surface area contributed by atoms with Crippen molar-refractivity contribution in [3.8, 4) is 17.0 Å². The number of benzene rings is 2. The van der Waals surface area contributed by atoms with Crippen molar-refractivity contribution in [3.05, 3.63) is 77.1 Å². The van der Waals surface area contributed by atoms with Gasteiger partial charge in [-0.3, -0.25) is 14.4 Å². The molecule has 2 aromatic carbocycles. The molecule has 1 atom stereocenters. The fraction of sp³-hybridized carbons (Fsp3) is 0.242. The highest BCUT2D eigenvalue weighted by atomic mass is 32.1. The molecule has 1 unspecified atom stereocenters. The smallest absolute Gasteiger partial charge is 0.349 e. The number of para-hydroxylation sites is 1. The molecule has 0 bridgehead atoms. The van der Waals surface area contributed by atoms with Crippen molar-refractivity contribution in [2.75, 3.05) is 30.3 Å². The van der Waals surface area contributed by atoms with E-state index in [4.69, 9.17) is 9.72 Å². The van der Waals surface area contributed by atoms with Crippen LogP contribution in [0.5, 0.6) is 5.75 Å². The van der Waals surface area contributed by atoms with Crippen molar-refractivity contribution in [1.29, 1.82) is 0 Å². The first-order valence-electron chi connectivity index (χ1n) is 14.9. The lowest BCUT2D eigenvalue weighted by atomic mass is 10.1. The van der Waals surface area contributed by atoms with Gasteiger partial charge in [0.25, 0.3) is 0 Å². The number of ether oxygens (including phenoxy) is 1. The molecular formula is C33H32N8O4S. The van der Waals surface area contributed by atoms with Crippen LogP contribution in [0.25, 0.3) is 32.2 Å². The van der Waals surface area contributed by atoms with Gasteiger partial charge in [0.15, 0.2) is 16.4 Å². The van der Waals surface area contributed by atoms with Crippen LogP contribution in [-0.2, 0) is 11.8 Å². The molecule has 7 rings (SSSR count). The molecule has 1 amide bonds. The molecule has 1 aliphatic heterocycles. The quantitative estimate of drug-likeness (QED) is 0.156. The van der Waals surface area contributed by atoms with E-state index in [1.54, 1.807) is 10.9 Å². The number of likely N-dealkylation sites (tertiary alicyclic amines) is 1. The van der Waals surface area contributed by atoms with Crippen LogP contribution in [0.4, 0.5) is 17.5 Å². The standard InChI is InChI=1S/C33H32N8O4S/c1-18-14-35-33(37-26-13-19(2)40(3)39-26)38-28(18)23-15-34-29-21(23)8-6-9-24(29)36-27(42)17-41-12-11-20(16-41)45-30-22-7-4-5-10-25(22)46-31(30)32(43)44/h4-10,13-15,20,34H,11-12,16-17H2,1-3H3,(H,36,42)(H,43,44)(H,35,37,38,39). The first kappa shape index (κ1) is 29.4. The number of fused-ring (bicyclic) bond motifs is 2. The van der Waals surface area contributed by atoms with E-state index in [0.29, 0.717) is 42.7 Å². The molecule has 0 radical (unpaired) electrons. The Kier molecular flexibility index (Phi) is 7.62. The fourth-order valence-corrected chi connectivity index (χ4v) is 6.82. The lowest BCUT2D eigenvalue weighted by molar-refractivity contribution is -0.117. The second-order valence-corrected chi connectivity index (χ2v) is 12.5. The maximum absolute atomic E-state index is 13.2. The number of rotatable bonds is 9. The van der Waals surface area contributed by atoms with Crippen molar-refractivity contribution in [3.63, 3.8) is 0 Å². The van der Waals surface area contributed by atoms with Crippen molar-refractivity contribution in [1.82, 2.24) is 29.6 Å². The molecule has 1 saturated heterocycles. The van der Waals surface area contributed by atoms with Crippen LogP contribution in [0.1, 0.15) is 27.3 Å². The number of aromatic amines is 1. The van der Waals surface area contributed by atoms with Gasteiger partial charge in [0, 0.05) is 65.3 Å². The zero-order valence-electron chi connectivity index (χ0n) is 25.5. The summed E-state index contributed by atoms with van der Waals surface area (Å²) in [6.45, 7) is 5.32. The Balaban J connectivity index is 1.04. The van der Waals surface area contributed by atoms with Gasteiger partial charge in [0.1, 0.15) is 6.10 Å². The van der Waals surface area contributed by atoms with E-state index < -0.39 is 5.97 Å². The van der Waals surface area contributed by atoms with Crippen molar-refractivity contribution >= 4 is 61.7 Å². The number of hydrogen-bond acceptors (Lipinski definition) is 9. The predicted molar refractivity (Wildman–Crippen MR) is 178 cm³/mol. The van der Waals surface area contributed by atoms with Crippen LogP contribution < -0.4 is 15.4 Å². The average Bonchev–Trinajstić information content (AvgIpc) is 3.81. The highest BCUT2D eigenvalue weighted by Gasteiger charge is 2.29. The number of aromatic carboxylic acids is 1. The summed E-state index contributed by atoms with van der Waals surface area (Å²) in [5, 5.41) is 22.1. The SMILES string of the molecule is Cc1cnc(Nc2cc(C)n(C)n2)nc1-c1c[nH]c2c(NC(=O)CN3CCC(Oc4c(C(=O)O)sc5ccccc45)C3)cccc12. The number of nitrogens with zero attached hydrogens (tertiary/aromatic N) is 5. The largest absolute Gasteiger partial charge is 0.487 e. The zero-order chi connectivity index (χ0) is 31.9. The van der Waals surface area contributed by atoms with Crippen LogP contribution in [0.2, 0.25) is 0 Å². The molecule has 1 aliphatic rings.